The molecule has 0 radical (unpaired) electrons. The number of hydrogen-bond acceptors (Lipinski definition) is 4. The van der Waals surface area contributed by atoms with Gasteiger partial charge in [-0.3, -0.25) is 11.8 Å². The summed E-state index contributed by atoms with van der Waals surface area (Å²) >= 11 is -1.65. The van der Waals surface area contributed by atoms with E-state index in [-0.39, 0.29) is 20.1 Å². The number of para-hydroxylation sites is 2. The third kappa shape index (κ3) is 20.0. The van der Waals surface area contributed by atoms with Gasteiger partial charge in [0.25, 0.3) is 0 Å². The van der Waals surface area contributed by atoms with Gasteiger partial charge >= 0.3 is 196 Å². The summed E-state index contributed by atoms with van der Waals surface area (Å²) in [6, 6.07) is 16.1. The molecule has 0 bridgehead atoms. The van der Waals surface area contributed by atoms with E-state index in [9.17, 15) is 0 Å². The third-order valence-electron chi connectivity index (χ3n) is 13.9. The minimum absolute atomic E-state index is 0.0465. The van der Waals surface area contributed by atoms with E-state index in [0.717, 1.165) is 34.5 Å². The zero-order valence-corrected chi connectivity index (χ0v) is 50.4. The van der Waals surface area contributed by atoms with Gasteiger partial charge in [0, 0.05) is 14.0 Å². The summed E-state index contributed by atoms with van der Waals surface area (Å²) in [6.45, 7) is 21.9. The quantitative estimate of drug-likeness (QED) is 0.0914. The Balaban J connectivity index is 0.000000195. The number of nitrogens with zero attached hydrogens (tertiary/aromatic N) is 1. The van der Waals surface area contributed by atoms with Gasteiger partial charge in [-0.25, -0.2) is 0 Å². The molecule has 3 saturated carbocycles. The van der Waals surface area contributed by atoms with E-state index in [4.69, 9.17) is 48.2 Å². The van der Waals surface area contributed by atoms with Gasteiger partial charge in [0.2, 0.25) is 0 Å². The second-order valence-electron chi connectivity index (χ2n) is 20.1. The van der Waals surface area contributed by atoms with E-state index in [0.29, 0.717) is 12.0 Å². The molecule has 0 spiro atoms. The molecule has 66 heavy (non-hydrogen) atoms. The van der Waals surface area contributed by atoms with Gasteiger partial charge < -0.3 is 4.90 Å². The fraction of sp³-hybridized carbons (Fsp3) is 0.655. The Hall–Kier alpha value is 0.247. The Morgan fingerprint density at radius 2 is 1.03 bits per heavy atom. The summed E-state index contributed by atoms with van der Waals surface area (Å²) in [6.07, 6.45) is 29.2. The number of hydrogen-bond donors (Lipinski definition) is 0. The minimum Gasteiger partial charge on any atom is -0.509 e. The molecule has 4 aliphatic carbocycles. The van der Waals surface area contributed by atoms with E-state index in [1.807, 2.05) is 97.2 Å². The minimum atomic E-state index is -1.77. The number of allylic oxidation sites excluding steroid dienone is 3. The number of rotatable bonds is 12. The molecular formula is C55H86Cl4NO2PRu2S. The molecule has 3 nitrogen and oxygen atoms in total. The van der Waals surface area contributed by atoms with Crippen molar-refractivity contribution in [2.45, 2.75) is 214 Å². The Labute approximate surface area is 435 Å². The standard InChI is InChI=1S/C18H33P.C17H28NS.2C10H12O.4ClH.2Ru/c1-4-10-16(11-5-1)19(17-12-6-2-7-13-17)18-14-8-3-9-15-18;1-11(2)15-8-7-9-16(12(3)4)17(15)18-10-19-14(6)13(18)5;2*1-8(2)11-10-7-5-4-6-9(10)3;;;;;;/h16-18H,1-15H2;8,10-12,16-17H,7,9H2,1-6H3;2*3-8H,1-2H3;4*1H;;/q;-1;;;;;;;2*+2/p-3/t;16-,17-;;;;;;;;/m.0......../s1. The van der Waals surface area contributed by atoms with Gasteiger partial charge in [-0.05, 0) is 132 Å². The maximum Gasteiger partial charge on any atom is 0.0257 e. The zero-order valence-electron chi connectivity index (χ0n) is 42.0. The van der Waals surface area contributed by atoms with Crippen LogP contribution < -0.4 is 9.47 Å². The van der Waals surface area contributed by atoms with Crippen LogP contribution >= 0.6 is 58.4 Å². The van der Waals surface area contributed by atoms with Crippen molar-refractivity contribution >= 4 is 67.7 Å². The second-order valence-corrected chi connectivity index (χ2v) is 36.0. The second kappa shape index (κ2) is 31.6. The van der Waals surface area contributed by atoms with Crippen molar-refractivity contribution in [3.8, 4) is 11.5 Å². The fourth-order valence-electron chi connectivity index (χ4n) is 10.7. The smallest absolute Gasteiger partial charge is 0.0257 e. The topological polar surface area (TPSA) is 21.7 Å². The number of halogens is 4. The molecule has 2 atom stereocenters. The predicted molar refractivity (Wildman–Crippen MR) is 293 cm³/mol. The first-order valence-corrected chi connectivity index (χ1v) is 38.8. The average molecular weight is 1200 g/mol. The molecular weight excluding hydrogens is 1110 g/mol. The van der Waals surface area contributed by atoms with Crippen molar-refractivity contribution in [2.24, 2.45) is 17.8 Å². The fourth-order valence-corrected chi connectivity index (χ4v) is 20.4. The first-order chi connectivity index (χ1) is 31.6. The molecule has 5 aliphatic rings. The molecule has 378 valence electrons. The van der Waals surface area contributed by atoms with Crippen molar-refractivity contribution in [1.82, 2.24) is 4.90 Å². The molecule has 0 unspecified atom stereocenters. The van der Waals surface area contributed by atoms with Crippen molar-refractivity contribution in [1.29, 1.82) is 0 Å². The molecule has 11 heteroatoms. The summed E-state index contributed by atoms with van der Waals surface area (Å²) in [5.41, 5.74) is 8.76. The van der Waals surface area contributed by atoms with Gasteiger partial charge in [-0.1, -0.05) is 58.6 Å². The molecule has 2 aromatic carbocycles. The van der Waals surface area contributed by atoms with Gasteiger partial charge in [0.05, 0.1) is 17.0 Å². The first-order valence-electron chi connectivity index (χ1n) is 25.3. The number of thioether (sulfide) groups is 1. The number of ether oxygens (including phenoxy) is 2. The Morgan fingerprint density at radius 1 is 0.621 bits per heavy atom. The van der Waals surface area contributed by atoms with Crippen LogP contribution in [-0.2, 0) is 27.0 Å². The van der Waals surface area contributed by atoms with Crippen LogP contribution in [0, 0.1) is 23.6 Å². The van der Waals surface area contributed by atoms with Crippen LogP contribution in [0.2, 0.25) is 0 Å². The predicted octanol–water partition coefficient (Wildman–Crippen LogP) is 18.7. The van der Waals surface area contributed by atoms with Crippen molar-refractivity contribution in [3.63, 3.8) is 0 Å². The monoisotopic (exact) mass is 1200 g/mol. The molecule has 0 N–H and O–H groups in total. The summed E-state index contributed by atoms with van der Waals surface area (Å²) < 4.78 is 15.0. The van der Waals surface area contributed by atoms with Crippen LogP contribution in [0.4, 0.5) is 0 Å². The van der Waals surface area contributed by atoms with E-state index in [2.05, 4.69) is 58.4 Å². The summed E-state index contributed by atoms with van der Waals surface area (Å²) in [7, 11) is 23.2. The molecule has 2 aromatic rings. The molecule has 3 fully saturated rings. The molecule has 7 rings (SSSR count). The molecule has 0 amide bonds. The maximum absolute atomic E-state index is 5.82. The van der Waals surface area contributed by atoms with Crippen LogP contribution in [0.1, 0.15) is 190 Å². The van der Waals surface area contributed by atoms with Crippen LogP contribution in [-0.4, -0.2) is 49.3 Å². The van der Waals surface area contributed by atoms with E-state index >= 15 is 0 Å². The molecule has 1 heterocycles. The van der Waals surface area contributed by atoms with Crippen molar-refractivity contribution in [2.75, 3.05) is 0 Å². The van der Waals surface area contributed by atoms with Crippen LogP contribution in [0.25, 0.3) is 0 Å². The molecule has 0 saturated heterocycles. The first kappa shape index (κ1) is 58.8. The zero-order chi connectivity index (χ0) is 48.2. The van der Waals surface area contributed by atoms with Crippen molar-refractivity contribution in [3.05, 3.63) is 87.8 Å². The van der Waals surface area contributed by atoms with E-state index in [1.54, 1.807) is 102 Å². The van der Waals surface area contributed by atoms with Crippen LogP contribution in [0.3, 0.4) is 0 Å². The largest absolute Gasteiger partial charge is 0.509 e. The molecule has 1 aliphatic heterocycles. The summed E-state index contributed by atoms with van der Waals surface area (Å²) in [4.78, 5) is 4.01. The number of benzene rings is 2. The average Bonchev–Trinajstić information content (AvgIpc) is 3.62. The van der Waals surface area contributed by atoms with Crippen molar-refractivity contribution < 1.29 is 36.5 Å². The van der Waals surface area contributed by atoms with Gasteiger partial charge in [-0.2, -0.15) is 5.88 Å². The normalized spacial score (nSPS) is 21.4. The van der Waals surface area contributed by atoms with Gasteiger partial charge in [-0.15, -0.1) is 0 Å². The summed E-state index contributed by atoms with van der Waals surface area (Å²) in [5.74, 6) is 6.22. The molecule has 0 aromatic heterocycles. The Morgan fingerprint density at radius 3 is 1.36 bits per heavy atom. The van der Waals surface area contributed by atoms with Gasteiger partial charge in [0.15, 0.2) is 0 Å². The SMILES string of the molecule is C1CCC([PH+](C2CCCCC2)C2CCCCC2)CC1.CC(C)Oc1ccccc1[CH]=[Ru]([Cl])[Cl].CC(C)Oc1ccccc1[CH]=[Ru]([Cl])[Cl].CC1=C(C)N([C@H]2C(C(C)C)=CCC[C@H]2C(C)C)[CH-]S1. The Kier molecular flexibility index (Phi) is 28.2. The van der Waals surface area contributed by atoms with Crippen LogP contribution in [0.15, 0.2) is 70.8 Å². The maximum atomic E-state index is 5.82. The van der Waals surface area contributed by atoms with E-state index < -0.39 is 27.0 Å². The van der Waals surface area contributed by atoms with Gasteiger partial charge in [0.1, 0.15) is 0 Å². The summed E-state index contributed by atoms with van der Waals surface area (Å²) in [5, 5.41) is 0. The van der Waals surface area contributed by atoms with E-state index in [1.165, 1.54) is 40.4 Å². The Bertz CT molecular complexity index is 1730. The third-order valence-corrected chi connectivity index (χ3v) is 23.1. The van der Waals surface area contributed by atoms with Crippen LogP contribution in [0.5, 0.6) is 11.5 Å².